The first-order chi connectivity index (χ1) is 9.04. The monoisotopic (exact) mass is 330 g/mol. The summed E-state index contributed by atoms with van der Waals surface area (Å²) in [6.45, 7) is 0. The van der Waals surface area contributed by atoms with Gasteiger partial charge in [0.2, 0.25) is 0 Å². The molecule has 0 saturated carbocycles. The minimum absolute atomic E-state index is 0.112. The van der Waals surface area contributed by atoms with Gasteiger partial charge in [-0.3, -0.25) is 5.84 Å². The largest absolute Gasteiger partial charge is 0.271 e. The van der Waals surface area contributed by atoms with E-state index in [1.165, 1.54) is 30.3 Å². The summed E-state index contributed by atoms with van der Waals surface area (Å²) in [5.41, 5.74) is 2.37. The van der Waals surface area contributed by atoms with Crippen molar-refractivity contribution in [1.29, 1.82) is 0 Å². The molecular weight excluding hydrogens is 321 g/mol. The Bertz CT molecular complexity index is 604. The molecule has 0 amide bonds. The van der Waals surface area contributed by atoms with E-state index in [4.69, 9.17) is 5.84 Å². The van der Waals surface area contributed by atoms with Gasteiger partial charge in [0.1, 0.15) is 17.5 Å². The molecule has 0 fully saturated rings. The molecule has 2 rings (SSSR count). The average Bonchev–Trinajstić information content (AvgIpc) is 2.39. The Kier molecular flexibility index (Phi) is 4.24. The topological polar surface area (TPSA) is 38.0 Å². The van der Waals surface area contributed by atoms with Crippen molar-refractivity contribution in [3.63, 3.8) is 0 Å². The van der Waals surface area contributed by atoms with Crippen molar-refractivity contribution in [1.82, 2.24) is 5.43 Å². The Hall–Kier alpha value is -1.37. The van der Waals surface area contributed by atoms with Crippen LogP contribution in [0.25, 0.3) is 0 Å². The maximum atomic E-state index is 14.0. The minimum atomic E-state index is -0.979. The van der Waals surface area contributed by atoms with Crippen LogP contribution < -0.4 is 11.3 Å². The van der Waals surface area contributed by atoms with E-state index in [0.29, 0.717) is 5.56 Å². The summed E-state index contributed by atoms with van der Waals surface area (Å²) in [5, 5.41) is 0. The standard InChI is InChI=1S/C13H10BrF3N2/c14-9-4-5-10(16)11(12(9)17)13(19-18)7-2-1-3-8(15)6-7/h1-6,13,19H,18H2. The molecule has 1 atom stereocenters. The minimum Gasteiger partial charge on any atom is -0.271 e. The molecule has 0 radical (unpaired) electrons. The van der Waals surface area contributed by atoms with E-state index in [1.54, 1.807) is 0 Å². The van der Waals surface area contributed by atoms with Crippen molar-refractivity contribution in [2.45, 2.75) is 6.04 Å². The molecule has 0 saturated heterocycles. The Labute approximate surface area is 116 Å². The molecule has 0 heterocycles. The van der Waals surface area contributed by atoms with Gasteiger partial charge < -0.3 is 0 Å². The Morgan fingerprint density at radius 1 is 1.11 bits per heavy atom. The summed E-state index contributed by atoms with van der Waals surface area (Å²) in [5.74, 6) is 3.32. The number of rotatable bonds is 3. The van der Waals surface area contributed by atoms with Crippen LogP contribution in [0.4, 0.5) is 13.2 Å². The Morgan fingerprint density at radius 3 is 2.47 bits per heavy atom. The van der Waals surface area contributed by atoms with Gasteiger partial charge in [-0.05, 0) is 45.8 Å². The lowest BCUT2D eigenvalue weighted by atomic mass is 9.98. The zero-order valence-corrected chi connectivity index (χ0v) is 11.2. The van der Waals surface area contributed by atoms with Crippen molar-refractivity contribution < 1.29 is 13.2 Å². The number of nitrogens with two attached hydrogens (primary N) is 1. The van der Waals surface area contributed by atoms with Crippen LogP contribution >= 0.6 is 15.9 Å². The van der Waals surface area contributed by atoms with Gasteiger partial charge in [-0.2, -0.15) is 0 Å². The first-order valence-electron chi connectivity index (χ1n) is 5.39. The van der Waals surface area contributed by atoms with Crippen molar-refractivity contribution >= 4 is 15.9 Å². The highest BCUT2D eigenvalue weighted by Gasteiger charge is 2.23. The van der Waals surface area contributed by atoms with Gasteiger partial charge >= 0.3 is 0 Å². The SMILES string of the molecule is NNC(c1cccc(F)c1)c1c(F)ccc(Br)c1F. The summed E-state index contributed by atoms with van der Waals surface area (Å²) >= 11 is 2.98. The van der Waals surface area contributed by atoms with Crippen LogP contribution in [0.15, 0.2) is 40.9 Å². The van der Waals surface area contributed by atoms with Gasteiger partial charge in [-0.15, -0.1) is 0 Å². The maximum Gasteiger partial charge on any atom is 0.145 e. The second kappa shape index (κ2) is 5.73. The molecule has 0 bridgehead atoms. The van der Waals surface area contributed by atoms with Gasteiger partial charge in [-0.1, -0.05) is 12.1 Å². The molecule has 0 aliphatic rings. The normalized spacial score (nSPS) is 12.5. The first kappa shape index (κ1) is 14.0. The predicted octanol–water partition coefficient (Wildman–Crippen LogP) is 3.42. The summed E-state index contributed by atoms with van der Waals surface area (Å²) in [7, 11) is 0. The molecule has 2 aromatic carbocycles. The number of hydrogen-bond donors (Lipinski definition) is 2. The fourth-order valence-corrected chi connectivity index (χ4v) is 2.19. The smallest absolute Gasteiger partial charge is 0.145 e. The molecule has 0 spiro atoms. The van der Waals surface area contributed by atoms with Crippen molar-refractivity contribution in [3.05, 3.63) is 69.4 Å². The van der Waals surface area contributed by atoms with E-state index in [-0.39, 0.29) is 10.0 Å². The third-order valence-corrected chi connectivity index (χ3v) is 3.33. The van der Waals surface area contributed by atoms with Crippen molar-refractivity contribution in [3.8, 4) is 0 Å². The van der Waals surface area contributed by atoms with Gasteiger partial charge in [-0.25, -0.2) is 18.6 Å². The van der Waals surface area contributed by atoms with Crippen molar-refractivity contribution in [2.24, 2.45) is 5.84 Å². The van der Waals surface area contributed by atoms with E-state index in [1.807, 2.05) is 0 Å². The lowest BCUT2D eigenvalue weighted by Gasteiger charge is -2.19. The molecule has 0 aliphatic carbocycles. The lowest BCUT2D eigenvalue weighted by Crippen LogP contribution is -2.30. The molecular formula is C13H10BrF3N2. The zero-order valence-electron chi connectivity index (χ0n) is 9.63. The van der Waals surface area contributed by atoms with E-state index in [0.717, 1.165) is 6.07 Å². The third-order valence-electron chi connectivity index (χ3n) is 2.72. The molecule has 0 aromatic heterocycles. The third kappa shape index (κ3) is 2.80. The molecule has 3 N–H and O–H groups in total. The Balaban J connectivity index is 2.57. The zero-order chi connectivity index (χ0) is 14.0. The van der Waals surface area contributed by atoms with E-state index in [2.05, 4.69) is 21.4 Å². The molecule has 19 heavy (non-hydrogen) atoms. The summed E-state index contributed by atoms with van der Waals surface area (Å²) in [6.07, 6.45) is 0. The fourth-order valence-electron chi connectivity index (χ4n) is 1.84. The molecule has 100 valence electrons. The van der Waals surface area contributed by atoms with Gasteiger partial charge in [0.25, 0.3) is 0 Å². The second-order valence-corrected chi connectivity index (χ2v) is 4.77. The number of hydrogen-bond acceptors (Lipinski definition) is 2. The van der Waals surface area contributed by atoms with Gasteiger partial charge in [0, 0.05) is 5.56 Å². The lowest BCUT2D eigenvalue weighted by molar-refractivity contribution is 0.505. The van der Waals surface area contributed by atoms with Crippen LogP contribution in [-0.2, 0) is 0 Å². The molecule has 1 unspecified atom stereocenters. The van der Waals surface area contributed by atoms with Crippen molar-refractivity contribution in [2.75, 3.05) is 0 Å². The highest BCUT2D eigenvalue weighted by Crippen LogP contribution is 2.30. The molecule has 2 nitrogen and oxygen atoms in total. The molecule has 2 aromatic rings. The Morgan fingerprint density at radius 2 is 1.84 bits per heavy atom. The number of benzene rings is 2. The molecule has 6 heteroatoms. The number of halogens is 4. The first-order valence-corrected chi connectivity index (χ1v) is 6.19. The van der Waals surface area contributed by atoms with Crippen LogP contribution in [0.3, 0.4) is 0 Å². The number of hydrazine groups is 1. The summed E-state index contributed by atoms with van der Waals surface area (Å²) in [6, 6.07) is 6.79. The quantitative estimate of drug-likeness (QED) is 0.514. The predicted molar refractivity (Wildman–Crippen MR) is 69.6 cm³/mol. The van der Waals surface area contributed by atoms with Crippen LogP contribution in [0.5, 0.6) is 0 Å². The van der Waals surface area contributed by atoms with E-state index in [9.17, 15) is 13.2 Å². The highest BCUT2D eigenvalue weighted by atomic mass is 79.9. The van der Waals surface area contributed by atoms with Gasteiger partial charge in [0.05, 0.1) is 10.5 Å². The van der Waals surface area contributed by atoms with Crippen LogP contribution in [0.2, 0.25) is 0 Å². The second-order valence-electron chi connectivity index (χ2n) is 3.91. The average molecular weight is 331 g/mol. The summed E-state index contributed by atoms with van der Waals surface area (Å²) < 4.78 is 41.1. The van der Waals surface area contributed by atoms with Crippen LogP contribution in [-0.4, -0.2) is 0 Å². The fraction of sp³-hybridized carbons (Fsp3) is 0.0769. The van der Waals surface area contributed by atoms with Crippen LogP contribution in [0.1, 0.15) is 17.2 Å². The summed E-state index contributed by atoms with van der Waals surface area (Å²) in [4.78, 5) is 0. The highest BCUT2D eigenvalue weighted by molar-refractivity contribution is 9.10. The van der Waals surface area contributed by atoms with Gasteiger partial charge in [0.15, 0.2) is 0 Å². The number of nitrogens with one attached hydrogen (secondary N) is 1. The van der Waals surface area contributed by atoms with E-state index >= 15 is 0 Å². The molecule has 0 aliphatic heterocycles. The van der Waals surface area contributed by atoms with Crippen LogP contribution in [0, 0.1) is 17.5 Å². The van der Waals surface area contributed by atoms with E-state index < -0.39 is 23.5 Å². The maximum absolute atomic E-state index is 14.0.